The minimum absolute atomic E-state index is 0.151. The molecule has 1 aromatic heterocycles. The van der Waals surface area contributed by atoms with Crippen LogP contribution in [0.2, 0.25) is 0 Å². The number of aromatic nitrogens is 3. The molecule has 1 aromatic rings. The van der Waals surface area contributed by atoms with Gasteiger partial charge in [0.2, 0.25) is 0 Å². The molecule has 2 unspecified atom stereocenters. The van der Waals surface area contributed by atoms with Gasteiger partial charge in [-0.2, -0.15) is 0 Å². The molecule has 1 aliphatic heterocycles. The highest BCUT2D eigenvalue weighted by Gasteiger charge is 2.39. The van der Waals surface area contributed by atoms with Gasteiger partial charge in [0.1, 0.15) is 0 Å². The van der Waals surface area contributed by atoms with Gasteiger partial charge in [0.25, 0.3) is 0 Å². The van der Waals surface area contributed by atoms with Crippen molar-refractivity contribution in [2.75, 3.05) is 13.2 Å². The first kappa shape index (κ1) is 14.5. The molecule has 1 N–H and O–H groups in total. The molecule has 2 rings (SSSR count). The Kier molecular flexibility index (Phi) is 4.93. The summed E-state index contributed by atoms with van der Waals surface area (Å²) in [7, 11) is 0. The van der Waals surface area contributed by atoms with Crippen molar-refractivity contribution in [3.8, 4) is 0 Å². The summed E-state index contributed by atoms with van der Waals surface area (Å²) in [6.45, 7) is 9.18. The molecule has 0 bridgehead atoms. The van der Waals surface area contributed by atoms with E-state index >= 15 is 0 Å². The molecule has 19 heavy (non-hydrogen) atoms. The Morgan fingerprint density at radius 3 is 2.95 bits per heavy atom. The summed E-state index contributed by atoms with van der Waals surface area (Å²) in [5.74, 6) is 0. The Morgan fingerprint density at radius 1 is 1.47 bits per heavy atom. The average Bonchev–Trinajstić information content (AvgIpc) is 2.85. The van der Waals surface area contributed by atoms with Crippen LogP contribution in [0.5, 0.6) is 0 Å². The molecule has 2 heterocycles. The molecule has 1 aliphatic rings. The fraction of sp³-hybridized carbons (Fsp3) is 0.857. The van der Waals surface area contributed by atoms with Crippen LogP contribution in [0.25, 0.3) is 0 Å². The van der Waals surface area contributed by atoms with Crippen molar-refractivity contribution in [1.29, 1.82) is 0 Å². The van der Waals surface area contributed by atoms with Crippen LogP contribution >= 0.6 is 0 Å². The number of likely N-dealkylation sites (N-methyl/N-ethyl adjacent to an activating group) is 1. The van der Waals surface area contributed by atoms with Crippen LogP contribution in [0, 0.1) is 0 Å². The van der Waals surface area contributed by atoms with Crippen LogP contribution in [-0.4, -0.2) is 33.7 Å². The Balaban J connectivity index is 2.25. The molecule has 5 nitrogen and oxygen atoms in total. The summed E-state index contributed by atoms with van der Waals surface area (Å²) < 4.78 is 8.12. The third kappa shape index (κ3) is 3.15. The third-order valence-electron chi connectivity index (χ3n) is 3.90. The minimum atomic E-state index is -0.151. The maximum atomic E-state index is 6.11. The van der Waals surface area contributed by atoms with Crippen molar-refractivity contribution in [3.63, 3.8) is 0 Å². The molecule has 0 amide bonds. The topological polar surface area (TPSA) is 52.0 Å². The highest BCUT2D eigenvalue weighted by molar-refractivity contribution is 5.10. The summed E-state index contributed by atoms with van der Waals surface area (Å²) in [6, 6.07) is 0.166. The van der Waals surface area contributed by atoms with Crippen LogP contribution < -0.4 is 5.32 Å². The monoisotopic (exact) mass is 266 g/mol. The van der Waals surface area contributed by atoms with Gasteiger partial charge in [0.05, 0.1) is 23.5 Å². The fourth-order valence-electron chi connectivity index (χ4n) is 2.90. The molecule has 1 saturated heterocycles. The van der Waals surface area contributed by atoms with E-state index in [4.69, 9.17) is 4.74 Å². The van der Waals surface area contributed by atoms with Gasteiger partial charge < -0.3 is 10.1 Å². The molecule has 5 heteroatoms. The summed E-state index contributed by atoms with van der Waals surface area (Å²) in [6.07, 6.45) is 6.43. The van der Waals surface area contributed by atoms with E-state index in [-0.39, 0.29) is 11.6 Å². The van der Waals surface area contributed by atoms with Crippen molar-refractivity contribution in [3.05, 3.63) is 11.9 Å². The normalized spacial score (nSPS) is 25.4. The van der Waals surface area contributed by atoms with E-state index in [9.17, 15) is 0 Å². The van der Waals surface area contributed by atoms with Crippen molar-refractivity contribution < 1.29 is 4.74 Å². The highest BCUT2D eigenvalue weighted by Crippen LogP contribution is 2.36. The third-order valence-corrected chi connectivity index (χ3v) is 3.90. The zero-order valence-corrected chi connectivity index (χ0v) is 12.4. The Hall–Kier alpha value is -0.940. The maximum absolute atomic E-state index is 6.11. The summed E-state index contributed by atoms with van der Waals surface area (Å²) >= 11 is 0. The number of aryl methyl sites for hydroxylation is 1. The van der Waals surface area contributed by atoms with Crippen molar-refractivity contribution >= 4 is 0 Å². The first-order valence-corrected chi connectivity index (χ1v) is 7.47. The Bertz CT molecular complexity index is 385. The lowest BCUT2D eigenvalue weighted by Crippen LogP contribution is -2.46. The van der Waals surface area contributed by atoms with E-state index in [2.05, 4.69) is 36.4 Å². The fourth-order valence-corrected chi connectivity index (χ4v) is 2.90. The molecule has 2 atom stereocenters. The number of hydrogen-bond acceptors (Lipinski definition) is 4. The second-order valence-corrected chi connectivity index (χ2v) is 5.49. The molecule has 108 valence electrons. The lowest BCUT2D eigenvalue weighted by Gasteiger charge is -2.40. The average molecular weight is 266 g/mol. The molecule has 0 spiro atoms. The van der Waals surface area contributed by atoms with Gasteiger partial charge in [-0.3, -0.25) is 0 Å². The highest BCUT2D eigenvalue weighted by atomic mass is 16.5. The summed E-state index contributed by atoms with van der Waals surface area (Å²) in [4.78, 5) is 0. The number of nitrogens with one attached hydrogen (secondary N) is 1. The van der Waals surface area contributed by atoms with Gasteiger partial charge in [-0.05, 0) is 39.2 Å². The van der Waals surface area contributed by atoms with Crippen molar-refractivity contribution in [1.82, 2.24) is 20.3 Å². The number of rotatable bonds is 6. The predicted molar refractivity (Wildman–Crippen MR) is 74.9 cm³/mol. The summed E-state index contributed by atoms with van der Waals surface area (Å²) in [5, 5.41) is 11.9. The molecule has 0 radical (unpaired) electrons. The SMILES string of the molecule is CCCn1nncc1C(NCC)C1(C)CCCCO1. The zero-order valence-electron chi connectivity index (χ0n) is 12.4. The Labute approximate surface area is 115 Å². The molecular formula is C14H26N4O. The number of hydrogen-bond donors (Lipinski definition) is 1. The van der Waals surface area contributed by atoms with E-state index in [0.717, 1.165) is 38.2 Å². The van der Waals surface area contributed by atoms with Gasteiger partial charge in [0, 0.05) is 13.2 Å². The standard InChI is InChI=1S/C14H26N4O/c1-4-9-18-12(11-16-17-18)13(15-5-2)14(3)8-6-7-10-19-14/h11,13,15H,4-10H2,1-3H3. The van der Waals surface area contributed by atoms with Crippen LogP contribution in [-0.2, 0) is 11.3 Å². The van der Waals surface area contributed by atoms with E-state index in [0.29, 0.717) is 0 Å². The molecule has 0 aromatic carbocycles. The van der Waals surface area contributed by atoms with E-state index in [1.807, 2.05) is 10.9 Å². The van der Waals surface area contributed by atoms with Crippen LogP contribution in [0.15, 0.2) is 6.20 Å². The molecule has 1 fully saturated rings. The molecule has 0 saturated carbocycles. The van der Waals surface area contributed by atoms with Crippen molar-refractivity contribution in [2.24, 2.45) is 0 Å². The van der Waals surface area contributed by atoms with Gasteiger partial charge in [-0.15, -0.1) is 5.10 Å². The second-order valence-electron chi connectivity index (χ2n) is 5.49. The van der Waals surface area contributed by atoms with Gasteiger partial charge in [0.15, 0.2) is 0 Å². The van der Waals surface area contributed by atoms with Gasteiger partial charge in [-0.1, -0.05) is 19.1 Å². The largest absolute Gasteiger partial charge is 0.373 e. The smallest absolute Gasteiger partial charge is 0.0864 e. The maximum Gasteiger partial charge on any atom is 0.0864 e. The first-order chi connectivity index (χ1) is 9.21. The minimum Gasteiger partial charge on any atom is -0.373 e. The molecule has 0 aliphatic carbocycles. The second kappa shape index (κ2) is 6.48. The zero-order chi connectivity index (χ0) is 13.7. The lowest BCUT2D eigenvalue weighted by atomic mass is 9.86. The van der Waals surface area contributed by atoms with Gasteiger partial charge >= 0.3 is 0 Å². The predicted octanol–water partition coefficient (Wildman–Crippen LogP) is 2.30. The van der Waals surface area contributed by atoms with E-state index in [1.54, 1.807) is 0 Å². The lowest BCUT2D eigenvalue weighted by molar-refractivity contribution is -0.0911. The van der Waals surface area contributed by atoms with Crippen LogP contribution in [0.1, 0.15) is 58.2 Å². The van der Waals surface area contributed by atoms with Crippen LogP contribution in [0.3, 0.4) is 0 Å². The number of ether oxygens (including phenoxy) is 1. The van der Waals surface area contributed by atoms with E-state index in [1.165, 1.54) is 12.8 Å². The van der Waals surface area contributed by atoms with Crippen LogP contribution in [0.4, 0.5) is 0 Å². The van der Waals surface area contributed by atoms with Gasteiger partial charge in [-0.25, -0.2) is 4.68 Å². The molecular weight excluding hydrogens is 240 g/mol. The Morgan fingerprint density at radius 2 is 2.32 bits per heavy atom. The summed E-state index contributed by atoms with van der Waals surface area (Å²) in [5.41, 5.74) is 0.995. The quantitative estimate of drug-likeness (QED) is 0.858. The van der Waals surface area contributed by atoms with Crippen molar-refractivity contribution in [2.45, 2.75) is 64.6 Å². The first-order valence-electron chi connectivity index (χ1n) is 7.47. The van der Waals surface area contributed by atoms with E-state index < -0.39 is 0 Å². The number of nitrogens with zero attached hydrogens (tertiary/aromatic N) is 3.